The van der Waals surface area contributed by atoms with Crippen LogP contribution in [0.4, 0.5) is 0 Å². The van der Waals surface area contributed by atoms with E-state index in [1.807, 2.05) is 30.3 Å². The summed E-state index contributed by atoms with van der Waals surface area (Å²) in [7, 11) is 0. The Kier molecular flexibility index (Phi) is 5.14. The highest BCUT2D eigenvalue weighted by Crippen LogP contribution is 2.31. The van der Waals surface area contributed by atoms with E-state index < -0.39 is 0 Å². The Morgan fingerprint density at radius 3 is 2.66 bits per heavy atom. The number of ketones is 1. The molecule has 7 nitrogen and oxygen atoms in total. The van der Waals surface area contributed by atoms with Crippen LogP contribution in [0.15, 0.2) is 65.0 Å². The van der Waals surface area contributed by atoms with Gasteiger partial charge in [-0.25, -0.2) is 9.78 Å². The maximum Gasteiger partial charge on any atom is 0.352 e. The maximum atomic E-state index is 13.4. The molecule has 8 heteroatoms. The van der Waals surface area contributed by atoms with Crippen molar-refractivity contribution in [1.29, 1.82) is 0 Å². The fourth-order valence-corrected chi connectivity index (χ4v) is 4.91. The van der Waals surface area contributed by atoms with E-state index in [4.69, 9.17) is 4.98 Å². The summed E-state index contributed by atoms with van der Waals surface area (Å²) in [5.74, 6) is 0.741. The molecule has 0 unspecified atom stereocenters. The third-order valence-corrected chi connectivity index (χ3v) is 6.33. The number of pyridine rings is 1. The van der Waals surface area contributed by atoms with Crippen LogP contribution in [-0.2, 0) is 13.0 Å². The number of benzene rings is 1. The van der Waals surface area contributed by atoms with Crippen molar-refractivity contribution in [1.82, 2.24) is 24.1 Å². The predicted molar refractivity (Wildman–Crippen MR) is 125 cm³/mol. The Morgan fingerprint density at radius 2 is 1.94 bits per heavy atom. The Bertz CT molecular complexity index is 1480. The molecule has 0 aliphatic carbocycles. The van der Waals surface area contributed by atoms with E-state index in [0.29, 0.717) is 23.0 Å². The van der Waals surface area contributed by atoms with E-state index in [0.717, 1.165) is 27.8 Å². The maximum absolute atomic E-state index is 13.4. The summed E-state index contributed by atoms with van der Waals surface area (Å²) in [5.41, 5.74) is 2.55. The Balaban J connectivity index is 1.74. The second kappa shape index (κ2) is 8.12. The lowest BCUT2D eigenvalue weighted by Gasteiger charge is -2.09. The summed E-state index contributed by atoms with van der Waals surface area (Å²) in [6.45, 7) is 4.25. The molecule has 1 aromatic carbocycles. The number of aromatic nitrogens is 5. The van der Waals surface area contributed by atoms with Crippen LogP contribution in [0.25, 0.3) is 27.3 Å². The van der Waals surface area contributed by atoms with E-state index in [2.05, 4.69) is 29.3 Å². The number of carbonyl (C=O) groups excluding carboxylic acids is 1. The van der Waals surface area contributed by atoms with Crippen LogP contribution in [-0.4, -0.2) is 29.9 Å². The van der Waals surface area contributed by atoms with E-state index in [9.17, 15) is 9.59 Å². The first kappa shape index (κ1) is 20.3. The van der Waals surface area contributed by atoms with Gasteiger partial charge in [-0.1, -0.05) is 44.2 Å². The topological polar surface area (TPSA) is 82.2 Å². The van der Waals surface area contributed by atoms with Crippen molar-refractivity contribution in [3.63, 3.8) is 0 Å². The molecule has 0 bridgehead atoms. The van der Waals surface area contributed by atoms with Gasteiger partial charge < -0.3 is 0 Å². The van der Waals surface area contributed by atoms with Gasteiger partial charge in [-0.15, -0.1) is 16.4 Å². The van der Waals surface area contributed by atoms with Crippen LogP contribution in [0.5, 0.6) is 0 Å². The summed E-state index contributed by atoms with van der Waals surface area (Å²) in [6, 6.07) is 12.7. The minimum absolute atomic E-state index is 0.0565. The summed E-state index contributed by atoms with van der Waals surface area (Å²) in [6.07, 6.45) is 4.20. The van der Waals surface area contributed by atoms with Crippen molar-refractivity contribution in [3.8, 4) is 11.4 Å². The number of carbonyl (C=O) groups is 1. The SMILES string of the molecule is CC(C)Cc1csc2c1c1nc(-c3cccnc3)nn1c(=O)n2CC(=O)c1ccccc1. The largest absolute Gasteiger partial charge is 0.352 e. The average molecular weight is 444 g/mol. The van der Waals surface area contributed by atoms with Crippen molar-refractivity contribution < 1.29 is 4.79 Å². The molecule has 0 N–H and O–H groups in total. The van der Waals surface area contributed by atoms with Crippen molar-refractivity contribution >= 4 is 33.0 Å². The van der Waals surface area contributed by atoms with Gasteiger partial charge >= 0.3 is 5.69 Å². The molecular formula is C24H21N5O2S. The number of hydrogen-bond acceptors (Lipinski definition) is 6. The molecule has 0 amide bonds. The first-order chi connectivity index (χ1) is 15.5. The fourth-order valence-electron chi connectivity index (χ4n) is 3.83. The molecule has 32 heavy (non-hydrogen) atoms. The molecular weight excluding hydrogens is 422 g/mol. The monoisotopic (exact) mass is 443 g/mol. The smallest absolute Gasteiger partial charge is 0.292 e. The molecule has 0 aliphatic rings. The van der Waals surface area contributed by atoms with Gasteiger partial charge in [-0.2, -0.15) is 4.52 Å². The van der Waals surface area contributed by atoms with Gasteiger partial charge in [0.1, 0.15) is 4.83 Å². The van der Waals surface area contributed by atoms with Crippen molar-refractivity contribution in [2.75, 3.05) is 0 Å². The van der Waals surface area contributed by atoms with Gasteiger partial charge in [0.2, 0.25) is 0 Å². The van der Waals surface area contributed by atoms with E-state index >= 15 is 0 Å². The zero-order valence-corrected chi connectivity index (χ0v) is 18.5. The van der Waals surface area contributed by atoms with Crippen LogP contribution in [0.2, 0.25) is 0 Å². The average Bonchev–Trinajstić information content (AvgIpc) is 3.42. The minimum atomic E-state index is -0.377. The van der Waals surface area contributed by atoms with Gasteiger partial charge in [0.05, 0.1) is 11.9 Å². The number of fused-ring (bicyclic) bond motifs is 3. The highest BCUT2D eigenvalue weighted by atomic mass is 32.1. The molecule has 0 saturated heterocycles. The summed E-state index contributed by atoms with van der Waals surface area (Å²) >= 11 is 1.47. The molecule has 4 aromatic heterocycles. The standard InChI is InChI=1S/C24H21N5O2S/c1-15(2)11-18-14-32-23-20(18)22-26-21(17-9-6-10-25-12-17)27-29(22)24(31)28(23)13-19(30)16-7-4-3-5-8-16/h3-10,12,14-15H,11,13H2,1-2H3. The van der Waals surface area contributed by atoms with Crippen molar-refractivity contribution in [2.45, 2.75) is 26.8 Å². The Hall–Kier alpha value is -3.65. The number of thiophene rings is 1. The van der Waals surface area contributed by atoms with Gasteiger partial charge in [-0.05, 0) is 35.4 Å². The molecule has 0 atom stereocenters. The lowest BCUT2D eigenvalue weighted by Crippen LogP contribution is -2.30. The van der Waals surface area contributed by atoms with Crippen LogP contribution in [0, 0.1) is 5.92 Å². The molecule has 5 aromatic rings. The van der Waals surface area contributed by atoms with Gasteiger partial charge in [0.25, 0.3) is 0 Å². The van der Waals surface area contributed by atoms with E-state index in [1.165, 1.54) is 20.4 Å². The molecule has 0 saturated carbocycles. The van der Waals surface area contributed by atoms with Crippen molar-refractivity contribution in [2.24, 2.45) is 5.92 Å². The molecule has 0 fully saturated rings. The van der Waals surface area contributed by atoms with Crippen molar-refractivity contribution in [3.05, 3.63) is 81.8 Å². The number of hydrogen-bond donors (Lipinski definition) is 0. The molecule has 0 radical (unpaired) electrons. The number of Topliss-reactive ketones (excluding diaryl/α,β-unsaturated/α-hetero) is 1. The molecule has 160 valence electrons. The Morgan fingerprint density at radius 1 is 1.12 bits per heavy atom. The molecule has 0 aliphatic heterocycles. The van der Waals surface area contributed by atoms with Gasteiger partial charge in [0, 0.05) is 23.5 Å². The lowest BCUT2D eigenvalue weighted by molar-refractivity contribution is 0.0972. The zero-order valence-electron chi connectivity index (χ0n) is 17.7. The predicted octanol–water partition coefficient (Wildman–Crippen LogP) is 4.25. The van der Waals surface area contributed by atoms with Gasteiger partial charge in [-0.3, -0.25) is 14.3 Å². The van der Waals surface area contributed by atoms with Crippen LogP contribution in [0.1, 0.15) is 29.8 Å². The lowest BCUT2D eigenvalue weighted by atomic mass is 10.0. The fraction of sp³-hybridized carbons (Fsp3) is 0.208. The summed E-state index contributed by atoms with van der Waals surface area (Å²) < 4.78 is 2.84. The zero-order chi connectivity index (χ0) is 22.2. The minimum Gasteiger partial charge on any atom is -0.292 e. The first-order valence-electron chi connectivity index (χ1n) is 10.4. The third-order valence-electron chi connectivity index (χ3n) is 5.28. The van der Waals surface area contributed by atoms with Crippen LogP contribution < -0.4 is 5.69 Å². The highest BCUT2D eigenvalue weighted by molar-refractivity contribution is 7.17. The third kappa shape index (κ3) is 3.52. The molecule has 0 spiro atoms. The molecule has 5 rings (SSSR count). The van der Waals surface area contributed by atoms with Gasteiger partial charge in [0.15, 0.2) is 17.3 Å². The summed E-state index contributed by atoms with van der Waals surface area (Å²) in [4.78, 5) is 36.0. The second-order valence-electron chi connectivity index (χ2n) is 8.11. The second-order valence-corrected chi connectivity index (χ2v) is 8.97. The normalized spacial score (nSPS) is 11.6. The first-order valence-corrected chi connectivity index (χ1v) is 11.3. The number of nitrogens with zero attached hydrogens (tertiary/aromatic N) is 5. The number of rotatable bonds is 6. The summed E-state index contributed by atoms with van der Waals surface area (Å²) in [5, 5.41) is 7.44. The molecule has 4 heterocycles. The van der Waals surface area contributed by atoms with E-state index in [-0.39, 0.29) is 18.0 Å². The Labute approximate surface area is 188 Å². The quantitative estimate of drug-likeness (QED) is 0.367. The van der Waals surface area contributed by atoms with Crippen LogP contribution in [0.3, 0.4) is 0 Å². The highest BCUT2D eigenvalue weighted by Gasteiger charge is 2.22. The van der Waals surface area contributed by atoms with E-state index in [1.54, 1.807) is 24.5 Å². The van der Waals surface area contributed by atoms with Crippen LogP contribution >= 0.6 is 11.3 Å².